The molecule has 1 nitrogen and oxygen atoms in total. The van der Waals surface area contributed by atoms with Gasteiger partial charge in [-0.05, 0) is 30.4 Å². The molecule has 0 fully saturated rings. The van der Waals surface area contributed by atoms with Crippen LogP contribution in [0.4, 0.5) is 10.1 Å². The average molecular weight is 286 g/mol. The van der Waals surface area contributed by atoms with Crippen molar-refractivity contribution in [1.82, 2.24) is 0 Å². The third kappa shape index (κ3) is 4.10. The van der Waals surface area contributed by atoms with Crippen molar-refractivity contribution in [2.75, 3.05) is 11.4 Å². The number of hydrogen-bond donors (Lipinski definition) is 0. The Kier molecular flexibility index (Phi) is 6.64. The van der Waals surface area contributed by atoms with Crippen LogP contribution in [0.15, 0.2) is 18.2 Å². The number of benzene rings is 1. The van der Waals surface area contributed by atoms with Gasteiger partial charge in [0.25, 0.3) is 0 Å². The molecule has 0 bridgehead atoms. The van der Waals surface area contributed by atoms with Crippen LogP contribution < -0.4 is 4.90 Å². The van der Waals surface area contributed by atoms with Crippen LogP contribution in [-0.2, 0) is 5.88 Å². The van der Waals surface area contributed by atoms with Crippen molar-refractivity contribution < 1.29 is 4.39 Å². The van der Waals surface area contributed by atoms with Gasteiger partial charge in [-0.3, -0.25) is 0 Å². The summed E-state index contributed by atoms with van der Waals surface area (Å²) in [5.41, 5.74) is 1.58. The maximum Gasteiger partial charge on any atom is 0.146 e. The Morgan fingerprint density at radius 1 is 1.21 bits per heavy atom. The molecule has 1 aromatic carbocycles. The number of nitrogens with zero attached hydrogens (tertiary/aromatic N) is 1. The van der Waals surface area contributed by atoms with Crippen LogP contribution in [-0.4, -0.2) is 12.6 Å². The van der Waals surface area contributed by atoms with E-state index < -0.39 is 0 Å². The van der Waals surface area contributed by atoms with Gasteiger partial charge in [0.1, 0.15) is 5.82 Å². The normalized spacial score (nSPS) is 11.4. The summed E-state index contributed by atoms with van der Waals surface area (Å²) in [6, 6.07) is 5.54. The number of para-hydroxylation sites is 1. The van der Waals surface area contributed by atoms with Gasteiger partial charge in [-0.1, -0.05) is 39.8 Å². The Morgan fingerprint density at radius 2 is 1.84 bits per heavy atom. The predicted octanol–water partition coefficient (Wildman–Crippen LogP) is 5.22. The van der Waals surface area contributed by atoms with Crippen molar-refractivity contribution in [1.29, 1.82) is 0 Å². The molecule has 0 atom stereocenters. The number of halogens is 2. The first-order valence-electron chi connectivity index (χ1n) is 7.15. The van der Waals surface area contributed by atoms with Gasteiger partial charge >= 0.3 is 0 Å². The number of rotatable bonds is 7. The van der Waals surface area contributed by atoms with Crippen molar-refractivity contribution in [3.63, 3.8) is 0 Å². The molecule has 0 aromatic heterocycles. The van der Waals surface area contributed by atoms with Gasteiger partial charge in [0, 0.05) is 18.5 Å². The van der Waals surface area contributed by atoms with E-state index in [0.29, 0.717) is 23.5 Å². The van der Waals surface area contributed by atoms with Gasteiger partial charge in [-0.25, -0.2) is 4.39 Å². The highest BCUT2D eigenvalue weighted by atomic mass is 35.5. The van der Waals surface area contributed by atoms with E-state index in [1.54, 1.807) is 6.07 Å². The lowest BCUT2D eigenvalue weighted by Gasteiger charge is -2.35. The molecule has 0 radical (unpaired) electrons. The second-order valence-electron chi connectivity index (χ2n) is 5.40. The van der Waals surface area contributed by atoms with Crippen LogP contribution in [0.1, 0.15) is 46.1 Å². The van der Waals surface area contributed by atoms with Crippen LogP contribution in [0.5, 0.6) is 0 Å². The highest BCUT2D eigenvalue weighted by Crippen LogP contribution is 2.30. The van der Waals surface area contributed by atoms with Crippen LogP contribution in [0, 0.1) is 11.7 Å². The molecule has 0 saturated carbocycles. The van der Waals surface area contributed by atoms with Gasteiger partial charge in [-0.15, -0.1) is 11.6 Å². The summed E-state index contributed by atoms with van der Waals surface area (Å²) in [4.78, 5) is 2.21. The summed E-state index contributed by atoms with van der Waals surface area (Å²) in [5, 5.41) is 0. The molecule has 0 spiro atoms. The molecule has 0 heterocycles. The standard InChI is InChI=1S/C16H25ClFN/c1-5-14(6-2)19(11-12(3)4)16-13(10-17)8-7-9-15(16)18/h7-9,12,14H,5-6,10-11H2,1-4H3. The smallest absolute Gasteiger partial charge is 0.146 e. The number of hydrogen-bond acceptors (Lipinski definition) is 1. The highest BCUT2D eigenvalue weighted by molar-refractivity contribution is 6.17. The maximum absolute atomic E-state index is 14.3. The van der Waals surface area contributed by atoms with E-state index in [0.717, 1.165) is 24.9 Å². The lowest BCUT2D eigenvalue weighted by molar-refractivity contribution is 0.495. The summed E-state index contributed by atoms with van der Waals surface area (Å²) in [6.45, 7) is 9.50. The molecule has 0 aliphatic heterocycles. The summed E-state index contributed by atoms with van der Waals surface area (Å²) in [5.74, 6) is 0.677. The fraction of sp³-hybridized carbons (Fsp3) is 0.625. The molecule has 1 aromatic rings. The number of alkyl halides is 1. The molecule has 0 unspecified atom stereocenters. The first kappa shape index (κ1) is 16.3. The molecule has 0 saturated heterocycles. The molecule has 108 valence electrons. The summed E-state index contributed by atoms with van der Waals surface area (Å²) < 4.78 is 14.3. The van der Waals surface area contributed by atoms with Gasteiger partial charge < -0.3 is 4.90 Å². The minimum absolute atomic E-state index is 0.161. The zero-order valence-electron chi connectivity index (χ0n) is 12.4. The zero-order chi connectivity index (χ0) is 14.4. The Bertz CT molecular complexity index is 388. The van der Waals surface area contributed by atoms with E-state index in [1.165, 1.54) is 6.07 Å². The minimum atomic E-state index is -0.161. The molecule has 3 heteroatoms. The van der Waals surface area contributed by atoms with Crippen molar-refractivity contribution >= 4 is 17.3 Å². The molecular formula is C16H25ClFN. The number of anilines is 1. The van der Waals surface area contributed by atoms with Gasteiger partial charge in [0.15, 0.2) is 0 Å². The maximum atomic E-state index is 14.3. The van der Waals surface area contributed by atoms with Crippen LogP contribution in [0.3, 0.4) is 0 Å². The van der Waals surface area contributed by atoms with Crippen molar-refractivity contribution in [3.8, 4) is 0 Å². The molecule has 1 rings (SSSR count). The van der Waals surface area contributed by atoms with Crippen molar-refractivity contribution in [2.45, 2.75) is 52.5 Å². The minimum Gasteiger partial charge on any atom is -0.366 e. The molecule has 19 heavy (non-hydrogen) atoms. The van der Waals surface area contributed by atoms with E-state index in [-0.39, 0.29) is 5.82 Å². The molecular weight excluding hydrogens is 261 g/mol. The summed E-state index contributed by atoms with van der Waals surface area (Å²) in [7, 11) is 0. The quantitative estimate of drug-likeness (QED) is 0.621. The summed E-state index contributed by atoms with van der Waals surface area (Å²) in [6.07, 6.45) is 2.03. The van der Waals surface area contributed by atoms with Crippen LogP contribution >= 0.6 is 11.6 Å². The van der Waals surface area contributed by atoms with Crippen LogP contribution in [0.2, 0.25) is 0 Å². The Labute approximate surface area is 121 Å². The second-order valence-corrected chi connectivity index (χ2v) is 5.66. The SMILES string of the molecule is CCC(CC)N(CC(C)C)c1c(F)cccc1CCl. The fourth-order valence-corrected chi connectivity index (χ4v) is 2.75. The lowest BCUT2D eigenvalue weighted by atomic mass is 10.0. The van der Waals surface area contributed by atoms with E-state index in [4.69, 9.17) is 11.6 Å². The van der Waals surface area contributed by atoms with E-state index in [2.05, 4.69) is 32.6 Å². The summed E-state index contributed by atoms with van der Waals surface area (Å²) >= 11 is 5.98. The zero-order valence-corrected chi connectivity index (χ0v) is 13.2. The lowest BCUT2D eigenvalue weighted by Crippen LogP contribution is -2.38. The molecule has 0 N–H and O–H groups in total. The first-order chi connectivity index (χ1) is 9.04. The van der Waals surface area contributed by atoms with Crippen LogP contribution in [0.25, 0.3) is 0 Å². The largest absolute Gasteiger partial charge is 0.366 e. The second kappa shape index (κ2) is 7.74. The van der Waals surface area contributed by atoms with Gasteiger partial charge in [0.05, 0.1) is 5.69 Å². The topological polar surface area (TPSA) is 3.24 Å². The first-order valence-corrected chi connectivity index (χ1v) is 7.68. The van der Waals surface area contributed by atoms with Crippen molar-refractivity contribution in [2.24, 2.45) is 5.92 Å². The van der Waals surface area contributed by atoms with Crippen molar-refractivity contribution in [3.05, 3.63) is 29.6 Å². The molecule has 0 aliphatic carbocycles. The third-order valence-electron chi connectivity index (χ3n) is 3.45. The fourth-order valence-electron chi connectivity index (χ4n) is 2.54. The van der Waals surface area contributed by atoms with E-state index in [1.807, 2.05) is 6.07 Å². The van der Waals surface area contributed by atoms with E-state index in [9.17, 15) is 4.39 Å². The Morgan fingerprint density at radius 3 is 2.32 bits per heavy atom. The van der Waals surface area contributed by atoms with Gasteiger partial charge in [-0.2, -0.15) is 0 Å². The van der Waals surface area contributed by atoms with Gasteiger partial charge in [0.2, 0.25) is 0 Å². The predicted molar refractivity (Wildman–Crippen MR) is 82.5 cm³/mol. The Hall–Kier alpha value is -0.760. The average Bonchev–Trinajstić information content (AvgIpc) is 2.38. The molecule has 0 aliphatic rings. The molecule has 0 amide bonds. The third-order valence-corrected chi connectivity index (χ3v) is 3.73. The Balaban J connectivity index is 3.23. The van der Waals surface area contributed by atoms with E-state index >= 15 is 0 Å². The highest BCUT2D eigenvalue weighted by Gasteiger charge is 2.22. The monoisotopic (exact) mass is 285 g/mol.